The van der Waals surface area contributed by atoms with Crippen molar-refractivity contribution in [3.8, 4) is 39.5 Å². The Balaban J connectivity index is 1.24. The summed E-state index contributed by atoms with van der Waals surface area (Å²) in [4.78, 5) is 12.8. The van der Waals surface area contributed by atoms with E-state index in [1.807, 2.05) is 60.7 Å². The summed E-state index contributed by atoms with van der Waals surface area (Å²) >= 11 is 0. The van der Waals surface area contributed by atoms with Crippen LogP contribution in [-0.4, -0.2) is 25.1 Å². The normalized spacial score (nSPS) is 11.4. The Hall–Kier alpha value is -5.17. The van der Waals surface area contributed by atoms with E-state index in [9.17, 15) is 0 Å². The van der Waals surface area contributed by atoms with Crippen molar-refractivity contribution in [2.24, 2.45) is 0 Å². The summed E-state index contributed by atoms with van der Waals surface area (Å²) in [5, 5.41) is 8.80. The van der Waals surface area contributed by atoms with Gasteiger partial charge in [0, 0.05) is 28.2 Å². The number of benzene rings is 2. The molecular weight excluding hydrogens is 462 g/mol. The van der Waals surface area contributed by atoms with Crippen molar-refractivity contribution in [3.63, 3.8) is 0 Å². The highest BCUT2D eigenvalue weighted by molar-refractivity contribution is 6.00. The molecule has 5 aromatic heterocycles. The molecule has 0 bridgehead atoms. The van der Waals surface area contributed by atoms with Crippen LogP contribution >= 0.6 is 0 Å². The Morgan fingerprint density at radius 1 is 0.838 bits per heavy atom. The lowest BCUT2D eigenvalue weighted by Gasteiger charge is -2.08. The number of nitrogens with one attached hydrogen (secondary N) is 2. The molecule has 0 saturated heterocycles. The van der Waals surface area contributed by atoms with E-state index in [1.54, 1.807) is 24.9 Å². The number of aromatic nitrogens is 5. The molecule has 0 aliphatic heterocycles. The molecule has 0 fully saturated rings. The van der Waals surface area contributed by atoms with Gasteiger partial charge < -0.3 is 14.1 Å². The molecule has 7 nitrogen and oxygen atoms in total. The number of aromatic amines is 2. The first-order valence-electron chi connectivity index (χ1n) is 11.9. The second kappa shape index (κ2) is 8.80. The fraction of sp³-hybridized carbons (Fsp3) is 0.0333. The van der Waals surface area contributed by atoms with Crippen LogP contribution in [0.25, 0.3) is 55.7 Å². The highest BCUT2D eigenvalue weighted by atomic mass is 16.5. The van der Waals surface area contributed by atoms with E-state index in [0.29, 0.717) is 12.4 Å². The van der Waals surface area contributed by atoms with E-state index >= 15 is 0 Å². The van der Waals surface area contributed by atoms with Gasteiger partial charge in [0.1, 0.15) is 23.6 Å². The molecule has 7 heteroatoms. The number of rotatable bonds is 6. The second-order valence-corrected chi connectivity index (χ2v) is 8.81. The Kier molecular flexibility index (Phi) is 5.03. The molecule has 2 N–H and O–H groups in total. The van der Waals surface area contributed by atoms with Gasteiger partial charge in [-0.15, -0.1) is 0 Å². The first kappa shape index (κ1) is 21.1. The molecule has 37 heavy (non-hydrogen) atoms. The van der Waals surface area contributed by atoms with Gasteiger partial charge in [-0.1, -0.05) is 42.5 Å². The number of ether oxygens (including phenoxy) is 1. The molecule has 0 aliphatic rings. The molecule has 0 radical (unpaired) electrons. The summed E-state index contributed by atoms with van der Waals surface area (Å²) < 4.78 is 11.3. The second-order valence-electron chi connectivity index (χ2n) is 8.81. The highest BCUT2D eigenvalue weighted by Gasteiger charge is 2.16. The maximum atomic E-state index is 5.97. The van der Waals surface area contributed by atoms with E-state index in [1.165, 1.54) is 0 Å². The molecule has 2 aromatic carbocycles. The molecule has 7 aromatic rings. The largest absolute Gasteiger partial charge is 0.487 e. The van der Waals surface area contributed by atoms with Crippen LogP contribution in [0.5, 0.6) is 5.75 Å². The van der Waals surface area contributed by atoms with Crippen LogP contribution in [0, 0.1) is 0 Å². The van der Waals surface area contributed by atoms with Crippen LogP contribution in [0.4, 0.5) is 0 Å². The molecular formula is C30H21N5O2. The minimum Gasteiger partial charge on any atom is -0.487 e. The molecule has 0 amide bonds. The molecule has 5 heterocycles. The van der Waals surface area contributed by atoms with Gasteiger partial charge in [-0.2, -0.15) is 5.10 Å². The average Bonchev–Trinajstić information content (AvgIpc) is 3.71. The Morgan fingerprint density at radius 2 is 1.78 bits per heavy atom. The smallest absolute Gasteiger partial charge is 0.138 e. The zero-order valence-corrected chi connectivity index (χ0v) is 19.7. The Labute approximate surface area is 211 Å². The number of fused-ring (bicyclic) bond motifs is 2. The quantitative estimate of drug-likeness (QED) is 0.265. The fourth-order valence-electron chi connectivity index (χ4n) is 4.58. The van der Waals surface area contributed by atoms with Crippen molar-refractivity contribution in [1.29, 1.82) is 0 Å². The first-order valence-corrected chi connectivity index (χ1v) is 11.9. The number of H-pyrrole nitrogens is 2. The van der Waals surface area contributed by atoms with Gasteiger partial charge in [-0.3, -0.25) is 10.1 Å². The standard InChI is InChI=1S/C30H21N5O2/c1-2-5-19(6-3-1)17-37-22-13-21(15-31-16-22)25-9-10-27-29(33-25)30(35-34-27)28-14-24-23(20-11-12-36-18-20)7-4-8-26(24)32-28/h1-16,18,32H,17H2,(H,34,35). The SMILES string of the molecule is c1ccc(COc2cncc(-c3ccc4[nH]nc(-c5cc6c(-c7ccoc7)cccc6[nH]5)c4n3)c2)cc1. The van der Waals surface area contributed by atoms with E-state index < -0.39 is 0 Å². The lowest BCUT2D eigenvalue weighted by atomic mass is 10.0. The lowest BCUT2D eigenvalue weighted by Crippen LogP contribution is -1.96. The summed E-state index contributed by atoms with van der Waals surface area (Å²) in [5.74, 6) is 0.693. The fourth-order valence-corrected chi connectivity index (χ4v) is 4.58. The van der Waals surface area contributed by atoms with Crippen molar-refractivity contribution >= 4 is 21.9 Å². The summed E-state index contributed by atoms with van der Waals surface area (Å²) in [7, 11) is 0. The third kappa shape index (κ3) is 3.92. The minimum absolute atomic E-state index is 0.478. The van der Waals surface area contributed by atoms with Crippen LogP contribution < -0.4 is 4.74 Å². The van der Waals surface area contributed by atoms with Crippen molar-refractivity contribution in [3.05, 3.63) is 109 Å². The summed E-state index contributed by atoms with van der Waals surface area (Å²) in [5.41, 5.74) is 9.21. The lowest BCUT2D eigenvalue weighted by molar-refractivity contribution is 0.305. The van der Waals surface area contributed by atoms with Gasteiger partial charge in [0.2, 0.25) is 0 Å². The van der Waals surface area contributed by atoms with Crippen molar-refractivity contribution in [2.75, 3.05) is 0 Å². The van der Waals surface area contributed by atoms with Gasteiger partial charge in [-0.05, 0) is 47.5 Å². The molecule has 0 atom stereocenters. The minimum atomic E-state index is 0.478. The van der Waals surface area contributed by atoms with Crippen LogP contribution in [0.15, 0.2) is 108 Å². The maximum absolute atomic E-state index is 5.97. The van der Waals surface area contributed by atoms with Crippen molar-refractivity contribution < 1.29 is 9.15 Å². The molecule has 0 saturated carbocycles. The average molecular weight is 484 g/mol. The zero-order valence-electron chi connectivity index (χ0n) is 19.7. The first-order chi connectivity index (χ1) is 18.3. The molecule has 0 unspecified atom stereocenters. The van der Waals surface area contributed by atoms with Gasteiger partial charge in [0.25, 0.3) is 0 Å². The number of hydrogen-bond acceptors (Lipinski definition) is 5. The van der Waals surface area contributed by atoms with Gasteiger partial charge in [0.05, 0.1) is 35.6 Å². The Bertz CT molecular complexity index is 1840. The predicted molar refractivity (Wildman–Crippen MR) is 143 cm³/mol. The highest BCUT2D eigenvalue weighted by Crippen LogP contribution is 2.34. The maximum Gasteiger partial charge on any atom is 0.138 e. The number of hydrogen-bond donors (Lipinski definition) is 2. The van der Waals surface area contributed by atoms with Crippen LogP contribution in [0.3, 0.4) is 0 Å². The topological polar surface area (TPSA) is 92.6 Å². The number of nitrogens with zero attached hydrogens (tertiary/aromatic N) is 3. The van der Waals surface area contributed by atoms with Gasteiger partial charge in [-0.25, -0.2) is 4.98 Å². The summed E-state index contributed by atoms with van der Waals surface area (Å²) in [6.07, 6.45) is 6.95. The van der Waals surface area contributed by atoms with Crippen LogP contribution in [-0.2, 0) is 6.61 Å². The predicted octanol–water partition coefficient (Wildman–Crippen LogP) is 7.01. The van der Waals surface area contributed by atoms with E-state index in [2.05, 4.69) is 38.4 Å². The van der Waals surface area contributed by atoms with E-state index in [4.69, 9.17) is 14.1 Å². The van der Waals surface area contributed by atoms with Crippen LogP contribution in [0.2, 0.25) is 0 Å². The third-order valence-electron chi connectivity index (χ3n) is 6.42. The van der Waals surface area contributed by atoms with Crippen LogP contribution in [0.1, 0.15) is 5.56 Å². The van der Waals surface area contributed by atoms with Crippen molar-refractivity contribution in [1.82, 2.24) is 25.1 Å². The summed E-state index contributed by atoms with van der Waals surface area (Å²) in [6.45, 7) is 0.478. The number of furan rings is 1. The molecule has 7 rings (SSSR count). The van der Waals surface area contributed by atoms with E-state index in [-0.39, 0.29) is 0 Å². The third-order valence-corrected chi connectivity index (χ3v) is 6.42. The van der Waals surface area contributed by atoms with E-state index in [0.717, 1.165) is 61.3 Å². The molecule has 0 aliphatic carbocycles. The van der Waals surface area contributed by atoms with Gasteiger partial charge >= 0.3 is 0 Å². The van der Waals surface area contributed by atoms with Gasteiger partial charge in [0.15, 0.2) is 0 Å². The zero-order chi connectivity index (χ0) is 24.6. The van der Waals surface area contributed by atoms with Crippen molar-refractivity contribution in [2.45, 2.75) is 6.61 Å². The molecule has 0 spiro atoms. The summed E-state index contributed by atoms with van der Waals surface area (Å²) in [6, 6.07) is 26.2. The number of pyridine rings is 2. The Morgan fingerprint density at radius 3 is 2.68 bits per heavy atom. The molecule has 178 valence electrons. The monoisotopic (exact) mass is 483 g/mol.